The summed E-state index contributed by atoms with van der Waals surface area (Å²) in [6.45, 7) is 3.38. The van der Waals surface area contributed by atoms with E-state index in [1.165, 1.54) is 6.07 Å². The average Bonchev–Trinajstić information content (AvgIpc) is 2.56. The normalized spacial score (nSPS) is 14.9. The van der Waals surface area contributed by atoms with E-state index < -0.39 is 10.8 Å². The number of aliphatic hydroxyl groups excluding tert-OH is 1. The summed E-state index contributed by atoms with van der Waals surface area (Å²) in [5.74, 6) is -0.503. The zero-order chi connectivity index (χ0) is 17.5. The van der Waals surface area contributed by atoms with Gasteiger partial charge >= 0.3 is 0 Å². The highest BCUT2D eigenvalue weighted by atomic mass is 16.6. The van der Waals surface area contributed by atoms with Crippen LogP contribution in [0.1, 0.15) is 6.42 Å². The maximum absolute atomic E-state index is 11.4. The molecule has 9 nitrogen and oxygen atoms in total. The molecule has 24 heavy (non-hydrogen) atoms. The number of amides is 1. The Labute approximate surface area is 139 Å². The Hall–Kier alpha value is -2.70. The van der Waals surface area contributed by atoms with Crippen LogP contribution in [0.25, 0.3) is 0 Å². The minimum Gasteiger partial charge on any atom is -0.395 e. The number of nitro benzene ring substituents is 1. The van der Waals surface area contributed by atoms with Crippen molar-refractivity contribution in [3.8, 4) is 6.07 Å². The summed E-state index contributed by atoms with van der Waals surface area (Å²) in [6, 6.07) is 6.24. The zero-order valence-electron chi connectivity index (χ0n) is 13.1. The lowest BCUT2D eigenvalue weighted by Gasteiger charge is -2.35. The van der Waals surface area contributed by atoms with E-state index in [0.717, 1.165) is 13.1 Å². The van der Waals surface area contributed by atoms with Crippen LogP contribution >= 0.6 is 0 Å². The monoisotopic (exact) mass is 333 g/mol. The first-order valence-electron chi connectivity index (χ1n) is 7.58. The molecule has 128 valence electrons. The van der Waals surface area contributed by atoms with Crippen LogP contribution in [0.5, 0.6) is 0 Å². The Morgan fingerprint density at radius 3 is 2.67 bits per heavy atom. The molecular formula is C15H19N5O4. The van der Waals surface area contributed by atoms with Gasteiger partial charge in [0.05, 0.1) is 17.6 Å². The fourth-order valence-corrected chi connectivity index (χ4v) is 2.65. The van der Waals surface area contributed by atoms with Crippen LogP contribution in [0.2, 0.25) is 0 Å². The second-order valence-corrected chi connectivity index (χ2v) is 5.40. The van der Waals surface area contributed by atoms with Crippen molar-refractivity contribution in [2.75, 3.05) is 49.5 Å². The highest BCUT2D eigenvalue weighted by molar-refractivity contribution is 5.92. The Morgan fingerprint density at radius 1 is 1.38 bits per heavy atom. The molecule has 0 unspecified atom stereocenters. The molecule has 1 aromatic carbocycles. The van der Waals surface area contributed by atoms with Gasteiger partial charge in [-0.15, -0.1) is 0 Å². The van der Waals surface area contributed by atoms with E-state index in [9.17, 15) is 14.9 Å². The largest absolute Gasteiger partial charge is 0.395 e. The zero-order valence-corrected chi connectivity index (χ0v) is 13.1. The van der Waals surface area contributed by atoms with Gasteiger partial charge in [0.1, 0.15) is 12.1 Å². The number of anilines is 2. The minimum absolute atomic E-state index is 0.0830. The third-order valence-electron chi connectivity index (χ3n) is 3.82. The molecule has 1 heterocycles. The topological polar surface area (TPSA) is 123 Å². The van der Waals surface area contributed by atoms with Gasteiger partial charge < -0.3 is 15.3 Å². The number of aliphatic hydroxyl groups is 1. The fourth-order valence-electron chi connectivity index (χ4n) is 2.65. The van der Waals surface area contributed by atoms with E-state index in [1.54, 1.807) is 18.2 Å². The molecule has 0 radical (unpaired) electrons. The number of nitrogens with zero attached hydrogens (tertiary/aromatic N) is 4. The van der Waals surface area contributed by atoms with Crippen LogP contribution in [0, 0.1) is 21.4 Å². The van der Waals surface area contributed by atoms with Gasteiger partial charge in [-0.25, -0.2) is 0 Å². The van der Waals surface area contributed by atoms with Crippen molar-refractivity contribution in [2.24, 2.45) is 0 Å². The van der Waals surface area contributed by atoms with E-state index in [4.69, 9.17) is 10.4 Å². The molecule has 0 bridgehead atoms. The number of hydrogen-bond acceptors (Lipinski definition) is 7. The first kappa shape index (κ1) is 17.7. The second kappa shape index (κ2) is 8.24. The minimum atomic E-state index is -0.503. The predicted molar refractivity (Wildman–Crippen MR) is 87.7 cm³/mol. The SMILES string of the molecule is N#CCC(=O)Nc1ccc(N2CCN(CCO)CC2)c([N+](=O)[O-])c1. The Kier molecular flexibility index (Phi) is 6.06. The van der Waals surface area contributed by atoms with E-state index in [0.29, 0.717) is 31.0 Å². The number of carbonyl (C=O) groups is 1. The third-order valence-corrected chi connectivity index (χ3v) is 3.82. The molecule has 0 aromatic heterocycles. The van der Waals surface area contributed by atoms with Gasteiger partial charge in [0.25, 0.3) is 5.69 Å². The van der Waals surface area contributed by atoms with Crippen molar-refractivity contribution in [3.63, 3.8) is 0 Å². The smallest absolute Gasteiger partial charge is 0.294 e. The molecule has 1 fully saturated rings. The quantitative estimate of drug-likeness (QED) is 0.576. The average molecular weight is 333 g/mol. The molecule has 0 atom stereocenters. The van der Waals surface area contributed by atoms with E-state index in [-0.39, 0.29) is 18.7 Å². The van der Waals surface area contributed by atoms with Crippen LogP contribution in [-0.2, 0) is 4.79 Å². The molecule has 1 amide bonds. The summed E-state index contributed by atoms with van der Waals surface area (Å²) >= 11 is 0. The molecule has 9 heteroatoms. The van der Waals surface area contributed by atoms with E-state index in [2.05, 4.69) is 10.2 Å². The fraction of sp³-hybridized carbons (Fsp3) is 0.467. The lowest BCUT2D eigenvalue weighted by molar-refractivity contribution is -0.384. The van der Waals surface area contributed by atoms with Crippen molar-refractivity contribution < 1.29 is 14.8 Å². The second-order valence-electron chi connectivity index (χ2n) is 5.40. The van der Waals surface area contributed by atoms with Crippen molar-refractivity contribution in [2.45, 2.75) is 6.42 Å². The van der Waals surface area contributed by atoms with Crippen LogP contribution in [0.4, 0.5) is 17.1 Å². The molecule has 0 aliphatic carbocycles. The molecule has 2 rings (SSSR count). The molecule has 0 spiro atoms. The molecule has 1 aliphatic heterocycles. The first-order chi connectivity index (χ1) is 11.5. The van der Waals surface area contributed by atoms with Crippen LogP contribution in [0.3, 0.4) is 0 Å². The van der Waals surface area contributed by atoms with Crippen molar-refractivity contribution >= 4 is 23.0 Å². The van der Waals surface area contributed by atoms with Gasteiger partial charge in [-0.2, -0.15) is 5.26 Å². The Balaban J connectivity index is 2.14. The summed E-state index contributed by atoms with van der Waals surface area (Å²) < 4.78 is 0. The lowest BCUT2D eigenvalue weighted by Crippen LogP contribution is -2.47. The van der Waals surface area contributed by atoms with E-state index in [1.807, 2.05) is 4.90 Å². The number of nitriles is 1. The van der Waals surface area contributed by atoms with Crippen molar-refractivity contribution in [1.29, 1.82) is 5.26 Å². The van der Waals surface area contributed by atoms with Gasteiger partial charge in [0.2, 0.25) is 5.91 Å². The molecule has 1 aliphatic rings. The molecule has 2 N–H and O–H groups in total. The number of piperazine rings is 1. The molecule has 1 saturated heterocycles. The van der Waals surface area contributed by atoms with Crippen LogP contribution in [0.15, 0.2) is 18.2 Å². The third kappa shape index (κ3) is 4.41. The Bertz CT molecular complexity index is 650. The van der Waals surface area contributed by atoms with Gasteiger partial charge in [-0.05, 0) is 12.1 Å². The lowest BCUT2D eigenvalue weighted by atomic mass is 10.2. The van der Waals surface area contributed by atoms with Gasteiger partial charge in [0.15, 0.2) is 0 Å². The van der Waals surface area contributed by atoms with Gasteiger partial charge in [0, 0.05) is 44.5 Å². The van der Waals surface area contributed by atoms with E-state index >= 15 is 0 Å². The van der Waals surface area contributed by atoms with Crippen molar-refractivity contribution in [1.82, 2.24) is 4.90 Å². The maximum Gasteiger partial charge on any atom is 0.294 e. The summed E-state index contributed by atoms with van der Waals surface area (Å²) in [7, 11) is 0. The van der Waals surface area contributed by atoms with Gasteiger partial charge in [-0.3, -0.25) is 19.8 Å². The van der Waals surface area contributed by atoms with Crippen molar-refractivity contribution in [3.05, 3.63) is 28.3 Å². The summed E-state index contributed by atoms with van der Waals surface area (Å²) in [4.78, 5) is 26.3. The number of rotatable bonds is 6. The molecular weight excluding hydrogens is 314 g/mol. The molecule has 0 saturated carbocycles. The summed E-state index contributed by atoms with van der Waals surface area (Å²) in [5.41, 5.74) is 0.715. The molecule has 1 aromatic rings. The number of β-amino-alcohol motifs (C(OH)–C–C–N with tert-alkyl or cyclic N) is 1. The number of carbonyl (C=O) groups excluding carboxylic acids is 1. The van der Waals surface area contributed by atoms with Gasteiger partial charge in [-0.1, -0.05) is 0 Å². The number of hydrogen-bond donors (Lipinski definition) is 2. The highest BCUT2D eigenvalue weighted by Crippen LogP contribution is 2.31. The summed E-state index contributed by atoms with van der Waals surface area (Å²) in [6.07, 6.45) is -0.303. The standard InChI is InChI=1S/C15H19N5O4/c16-4-3-15(22)17-12-1-2-13(14(11-12)20(23)24)19-7-5-18(6-8-19)9-10-21/h1-2,11,21H,3,5-10H2,(H,17,22). The Morgan fingerprint density at radius 2 is 2.08 bits per heavy atom. The summed E-state index contributed by atoms with van der Waals surface area (Å²) in [5, 5.41) is 31.3. The number of benzene rings is 1. The maximum atomic E-state index is 11.4. The number of nitro groups is 1. The highest BCUT2D eigenvalue weighted by Gasteiger charge is 2.24. The first-order valence-corrected chi connectivity index (χ1v) is 7.58. The van der Waals surface area contributed by atoms with Crippen LogP contribution in [-0.4, -0.2) is 60.2 Å². The predicted octanol–water partition coefficient (Wildman–Crippen LogP) is 0.561. The van der Waals surface area contributed by atoms with Crippen LogP contribution < -0.4 is 10.2 Å². The number of nitrogens with one attached hydrogen (secondary N) is 1.